The molecule has 0 heterocycles. The standard InChI is InChI=1S/C13H20N2O2S.ClH/c1-9-4-5-10(12(6-9)18-3)7-15-13(16)11(14)8-17-2;/h4-6,11H,7-8,14H2,1-3H3,(H,15,16);1H. The van der Waals surface area contributed by atoms with Crippen LogP contribution in [0, 0.1) is 6.92 Å². The van der Waals surface area contributed by atoms with E-state index in [1.807, 2.05) is 18.4 Å². The quantitative estimate of drug-likeness (QED) is 0.786. The number of benzene rings is 1. The molecule has 19 heavy (non-hydrogen) atoms. The minimum absolute atomic E-state index is 0. The number of hydrogen-bond acceptors (Lipinski definition) is 4. The normalized spacial score (nSPS) is 11.6. The Kier molecular flexibility index (Phi) is 8.84. The number of methoxy groups -OCH3 is 1. The van der Waals surface area contributed by atoms with E-state index in [4.69, 9.17) is 10.5 Å². The first-order valence-corrected chi connectivity index (χ1v) is 6.96. The van der Waals surface area contributed by atoms with Crippen molar-refractivity contribution < 1.29 is 9.53 Å². The smallest absolute Gasteiger partial charge is 0.239 e. The van der Waals surface area contributed by atoms with Gasteiger partial charge in [-0.25, -0.2) is 0 Å². The summed E-state index contributed by atoms with van der Waals surface area (Å²) in [4.78, 5) is 12.8. The molecule has 0 aliphatic rings. The van der Waals surface area contributed by atoms with E-state index in [0.717, 1.165) is 5.56 Å². The average Bonchev–Trinajstić information content (AvgIpc) is 2.37. The fourth-order valence-electron chi connectivity index (χ4n) is 1.57. The van der Waals surface area contributed by atoms with Crippen molar-refractivity contribution in [1.29, 1.82) is 0 Å². The third-order valence-electron chi connectivity index (χ3n) is 2.58. The van der Waals surface area contributed by atoms with Gasteiger partial charge in [0.25, 0.3) is 0 Å². The molecule has 1 aromatic carbocycles. The van der Waals surface area contributed by atoms with Crippen molar-refractivity contribution in [2.45, 2.75) is 24.4 Å². The highest BCUT2D eigenvalue weighted by molar-refractivity contribution is 7.98. The van der Waals surface area contributed by atoms with Crippen LogP contribution in [-0.2, 0) is 16.1 Å². The third kappa shape index (κ3) is 5.82. The second-order valence-corrected chi connectivity index (χ2v) is 4.94. The van der Waals surface area contributed by atoms with Crippen LogP contribution in [0.5, 0.6) is 0 Å². The summed E-state index contributed by atoms with van der Waals surface area (Å²) in [6.07, 6.45) is 2.02. The van der Waals surface area contributed by atoms with Crippen molar-refractivity contribution >= 4 is 30.1 Å². The molecule has 108 valence electrons. The Bertz CT molecular complexity index is 416. The highest BCUT2D eigenvalue weighted by Crippen LogP contribution is 2.21. The Balaban J connectivity index is 0.00000324. The van der Waals surface area contributed by atoms with Crippen molar-refractivity contribution in [2.24, 2.45) is 5.73 Å². The highest BCUT2D eigenvalue weighted by atomic mass is 35.5. The van der Waals surface area contributed by atoms with Gasteiger partial charge in [0, 0.05) is 18.6 Å². The number of carbonyl (C=O) groups excluding carboxylic acids is 1. The fourth-order valence-corrected chi connectivity index (χ4v) is 2.27. The molecular formula is C13H21ClN2O2S. The Morgan fingerprint density at radius 2 is 2.21 bits per heavy atom. The van der Waals surface area contributed by atoms with Gasteiger partial charge in [0.1, 0.15) is 6.04 Å². The van der Waals surface area contributed by atoms with E-state index in [9.17, 15) is 4.79 Å². The molecule has 1 amide bonds. The molecule has 0 saturated heterocycles. The molecule has 0 aliphatic heterocycles. The van der Waals surface area contributed by atoms with Crippen LogP contribution in [0.1, 0.15) is 11.1 Å². The summed E-state index contributed by atoms with van der Waals surface area (Å²) < 4.78 is 4.85. The number of nitrogens with one attached hydrogen (secondary N) is 1. The second kappa shape index (κ2) is 9.20. The van der Waals surface area contributed by atoms with Crippen LogP contribution in [0.25, 0.3) is 0 Å². The van der Waals surface area contributed by atoms with Gasteiger partial charge >= 0.3 is 0 Å². The minimum Gasteiger partial charge on any atom is -0.383 e. The van der Waals surface area contributed by atoms with Crippen molar-refractivity contribution in [3.63, 3.8) is 0 Å². The monoisotopic (exact) mass is 304 g/mol. The van der Waals surface area contributed by atoms with E-state index in [0.29, 0.717) is 6.54 Å². The van der Waals surface area contributed by atoms with Crippen molar-refractivity contribution in [3.8, 4) is 0 Å². The lowest BCUT2D eigenvalue weighted by Gasteiger charge is -2.13. The minimum atomic E-state index is -0.613. The molecule has 1 atom stereocenters. The molecule has 0 aliphatic carbocycles. The maximum absolute atomic E-state index is 11.6. The molecule has 1 rings (SSSR count). The number of amides is 1. The van der Waals surface area contributed by atoms with Crippen LogP contribution in [0.4, 0.5) is 0 Å². The van der Waals surface area contributed by atoms with Gasteiger partial charge in [-0.1, -0.05) is 12.1 Å². The molecule has 0 saturated carbocycles. The zero-order valence-electron chi connectivity index (χ0n) is 11.4. The van der Waals surface area contributed by atoms with Gasteiger partial charge < -0.3 is 15.8 Å². The van der Waals surface area contributed by atoms with Gasteiger partial charge in [-0.15, -0.1) is 24.2 Å². The van der Waals surface area contributed by atoms with Gasteiger partial charge in [-0.2, -0.15) is 0 Å². The van der Waals surface area contributed by atoms with Crippen LogP contribution in [0.3, 0.4) is 0 Å². The topological polar surface area (TPSA) is 64.3 Å². The Morgan fingerprint density at radius 3 is 2.79 bits per heavy atom. The molecule has 6 heteroatoms. The molecule has 1 unspecified atom stereocenters. The third-order valence-corrected chi connectivity index (χ3v) is 3.40. The van der Waals surface area contributed by atoms with Gasteiger partial charge in [-0.3, -0.25) is 4.79 Å². The van der Waals surface area contributed by atoms with E-state index in [2.05, 4.69) is 18.3 Å². The largest absolute Gasteiger partial charge is 0.383 e. The van der Waals surface area contributed by atoms with E-state index < -0.39 is 6.04 Å². The predicted octanol–water partition coefficient (Wildman–Crippen LogP) is 1.73. The van der Waals surface area contributed by atoms with Crippen molar-refractivity contribution in [1.82, 2.24) is 5.32 Å². The SMILES string of the molecule is COCC(N)C(=O)NCc1ccc(C)cc1SC.Cl. The van der Waals surface area contributed by atoms with E-state index >= 15 is 0 Å². The molecule has 3 N–H and O–H groups in total. The predicted molar refractivity (Wildman–Crippen MR) is 81.9 cm³/mol. The van der Waals surface area contributed by atoms with Crippen molar-refractivity contribution in [3.05, 3.63) is 29.3 Å². The lowest BCUT2D eigenvalue weighted by molar-refractivity contribution is -0.123. The summed E-state index contributed by atoms with van der Waals surface area (Å²) in [5, 5.41) is 2.82. The lowest BCUT2D eigenvalue weighted by Crippen LogP contribution is -2.43. The number of ether oxygens (including phenoxy) is 1. The Labute approximate surface area is 124 Å². The molecule has 0 aromatic heterocycles. The number of nitrogens with two attached hydrogens (primary N) is 1. The van der Waals surface area contributed by atoms with Gasteiger partial charge in [-0.05, 0) is 30.4 Å². The molecule has 4 nitrogen and oxygen atoms in total. The molecule has 0 radical (unpaired) electrons. The van der Waals surface area contributed by atoms with E-state index in [-0.39, 0.29) is 24.9 Å². The number of carbonyl (C=O) groups is 1. The highest BCUT2D eigenvalue weighted by Gasteiger charge is 2.13. The van der Waals surface area contributed by atoms with E-state index in [1.165, 1.54) is 17.6 Å². The summed E-state index contributed by atoms with van der Waals surface area (Å²) in [7, 11) is 1.53. The van der Waals surface area contributed by atoms with Crippen LogP contribution in [0.15, 0.2) is 23.1 Å². The number of aryl methyl sites for hydroxylation is 1. The molecule has 0 spiro atoms. The number of thioether (sulfide) groups is 1. The number of hydrogen-bond donors (Lipinski definition) is 2. The van der Waals surface area contributed by atoms with Crippen LogP contribution in [-0.4, -0.2) is 31.9 Å². The van der Waals surface area contributed by atoms with Gasteiger partial charge in [0.05, 0.1) is 6.61 Å². The summed E-state index contributed by atoms with van der Waals surface area (Å²) in [5.41, 5.74) is 7.96. The first-order valence-electron chi connectivity index (χ1n) is 5.74. The molecular weight excluding hydrogens is 284 g/mol. The maximum atomic E-state index is 11.6. The van der Waals surface area contributed by atoms with E-state index in [1.54, 1.807) is 11.8 Å². The summed E-state index contributed by atoms with van der Waals surface area (Å²) >= 11 is 1.67. The first kappa shape index (κ1) is 18.2. The van der Waals surface area contributed by atoms with Gasteiger partial charge in [0.15, 0.2) is 0 Å². The molecule has 0 fully saturated rings. The molecule has 0 bridgehead atoms. The van der Waals surface area contributed by atoms with Crippen molar-refractivity contribution in [2.75, 3.05) is 20.0 Å². The number of rotatable bonds is 6. The van der Waals surface area contributed by atoms with Crippen LogP contribution in [0.2, 0.25) is 0 Å². The fraction of sp³-hybridized carbons (Fsp3) is 0.462. The number of halogens is 1. The van der Waals surface area contributed by atoms with Gasteiger partial charge in [0.2, 0.25) is 5.91 Å². The maximum Gasteiger partial charge on any atom is 0.239 e. The zero-order chi connectivity index (χ0) is 13.5. The summed E-state index contributed by atoms with van der Waals surface area (Å²) in [6.45, 7) is 2.78. The summed E-state index contributed by atoms with van der Waals surface area (Å²) in [5.74, 6) is -0.190. The van der Waals surface area contributed by atoms with Crippen LogP contribution >= 0.6 is 24.2 Å². The Hall–Kier alpha value is -0.750. The second-order valence-electron chi connectivity index (χ2n) is 4.09. The first-order chi connectivity index (χ1) is 8.58. The molecule has 1 aromatic rings. The lowest BCUT2D eigenvalue weighted by atomic mass is 10.1. The summed E-state index contributed by atoms with van der Waals surface area (Å²) in [6, 6.07) is 5.57. The average molecular weight is 305 g/mol. The Morgan fingerprint density at radius 1 is 1.53 bits per heavy atom. The van der Waals surface area contributed by atoms with Crippen LogP contribution < -0.4 is 11.1 Å². The zero-order valence-corrected chi connectivity index (χ0v) is 13.1.